The number of primary amides is 1. The van der Waals surface area contributed by atoms with Gasteiger partial charge in [-0.2, -0.15) is 0 Å². The number of guanidine groups is 1. The third-order valence-corrected chi connectivity index (χ3v) is 3.84. The Bertz CT molecular complexity index is 429. The van der Waals surface area contributed by atoms with Gasteiger partial charge in [0.05, 0.1) is 6.54 Å². The smallest absolute Gasteiger partial charge is 0.222 e. The first-order valence-electron chi connectivity index (χ1n) is 8.53. The Morgan fingerprint density at radius 3 is 2.62 bits per heavy atom. The standard InChI is InChI=1S/C16H31N5O2.HI/c1-4-18-16(20-8-7-19-15(23)12(2)3)21-9-5-6-13(11-21)10-14(17)22;/h12-13H,4-11H2,1-3H3,(H2,17,22)(H,18,20)(H,19,23);1H. The van der Waals surface area contributed by atoms with E-state index in [9.17, 15) is 9.59 Å². The van der Waals surface area contributed by atoms with Crippen molar-refractivity contribution < 1.29 is 9.59 Å². The molecule has 4 N–H and O–H groups in total. The Kier molecular flexibility index (Phi) is 11.8. The molecule has 24 heavy (non-hydrogen) atoms. The van der Waals surface area contributed by atoms with Gasteiger partial charge in [0.15, 0.2) is 5.96 Å². The number of nitrogens with zero attached hydrogens (tertiary/aromatic N) is 2. The number of carbonyl (C=O) groups excluding carboxylic acids is 2. The van der Waals surface area contributed by atoms with Gasteiger partial charge in [-0.25, -0.2) is 0 Å². The van der Waals surface area contributed by atoms with E-state index in [1.54, 1.807) is 0 Å². The molecule has 7 nitrogen and oxygen atoms in total. The van der Waals surface area contributed by atoms with Crippen molar-refractivity contribution in [2.24, 2.45) is 22.6 Å². The zero-order chi connectivity index (χ0) is 17.2. The van der Waals surface area contributed by atoms with Gasteiger partial charge in [0, 0.05) is 38.5 Å². The second kappa shape index (κ2) is 12.3. The third kappa shape index (κ3) is 8.70. The molecule has 0 radical (unpaired) electrons. The lowest BCUT2D eigenvalue weighted by Gasteiger charge is -2.34. The van der Waals surface area contributed by atoms with E-state index in [2.05, 4.69) is 20.5 Å². The molecule has 0 aromatic rings. The molecule has 1 atom stereocenters. The van der Waals surface area contributed by atoms with Crippen molar-refractivity contribution in [1.82, 2.24) is 15.5 Å². The fourth-order valence-electron chi connectivity index (χ4n) is 2.68. The van der Waals surface area contributed by atoms with Crippen LogP contribution in [0.25, 0.3) is 0 Å². The van der Waals surface area contributed by atoms with Crippen LogP contribution in [0.5, 0.6) is 0 Å². The molecule has 1 aliphatic rings. The molecular weight excluding hydrogens is 421 g/mol. The molecule has 1 rings (SSSR count). The van der Waals surface area contributed by atoms with Crippen molar-refractivity contribution in [3.05, 3.63) is 0 Å². The maximum Gasteiger partial charge on any atom is 0.222 e. The van der Waals surface area contributed by atoms with Crippen LogP contribution in [0.4, 0.5) is 0 Å². The number of carbonyl (C=O) groups is 2. The molecular formula is C16H32IN5O2. The lowest BCUT2D eigenvalue weighted by atomic mass is 9.95. The maximum absolute atomic E-state index is 11.5. The predicted octanol–water partition coefficient (Wildman–Crippen LogP) is 0.930. The SMILES string of the molecule is CCNC(=NCCNC(=O)C(C)C)N1CCCC(CC(N)=O)C1.I. The van der Waals surface area contributed by atoms with E-state index < -0.39 is 0 Å². The van der Waals surface area contributed by atoms with Gasteiger partial charge >= 0.3 is 0 Å². The molecule has 0 spiro atoms. The Morgan fingerprint density at radius 1 is 1.33 bits per heavy atom. The zero-order valence-corrected chi connectivity index (χ0v) is 17.3. The third-order valence-electron chi connectivity index (χ3n) is 3.84. The second-order valence-electron chi connectivity index (χ2n) is 6.31. The van der Waals surface area contributed by atoms with E-state index in [4.69, 9.17) is 5.73 Å². The average molecular weight is 453 g/mol. The number of hydrogen-bond donors (Lipinski definition) is 3. The summed E-state index contributed by atoms with van der Waals surface area (Å²) in [5.41, 5.74) is 5.31. The van der Waals surface area contributed by atoms with E-state index in [0.717, 1.165) is 38.4 Å². The van der Waals surface area contributed by atoms with Crippen molar-refractivity contribution in [2.75, 3.05) is 32.7 Å². The summed E-state index contributed by atoms with van der Waals surface area (Å²) < 4.78 is 0. The molecule has 0 saturated carbocycles. The second-order valence-corrected chi connectivity index (χ2v) is 6.31. The molecule has 0 bridgehead atoms. The van der Waals surface area contributed by atoms with Crippen LogP contribution in [-0.4, -0.2) is 55.4 Å². The first-order chi connectivity index (χ1) is 10.9. The minimum absolute atomic E-state index is 0. The van der Waals surface area contributed by atoms with Crippen LogP contribution in [-0.2, 0) is 9.59 Å². The molecule has 1 heterocycles. The molecule has 2 amide bonds. The maximum atomic E-state index is 11.5. The normalized spacial score (nSPS) is 18.1. The average Bonchev–Trinajstić information content (AvgIpc) is 2.49. The summed E-state index contributed by atoms with van der Waals surface area (Å²) in [5, 5.41) is 6.15. The van der Waals surface area contributed by atoms with Crippen molar-refractivity contribution >= 4 is 41.8 Å². The molecule has 1 fully saturated rings. The van der Waals surface area contributed by atoms with Gasteiger partial charge in [-0.05, 0) is 25.7 Å². The molecule has 0 aromatic heterocycles. The highest BCUT2D eigenvalue weighted by atomic mass is 127. The first-order valence-corrected chi connectivity index (χ1v) is 8.53. The zero-order valence-electron chi connectivity index (χ0n) is 15.0. The number of aliphatic imine (C=N–C) groups is 1. The number of nitrogens with two attached hydrogens (primary N) is 1. The fourth-order valence-corrected chi connectivity index (χ4v) is 2.68. The van der Waals surface area contributed by atoms with E-state index in [1.165, 1.54) is 0 Å². The number of nitrogens with one attached hydrogen (secondary N) is 2. The number of halogens is 1. The molecule has 1 saturated heterocycles. The predicted molar refractivity (Wildman–Crippen MR) is 107 cm³/mol. The van der Waals surface area contributed by atoms with Crippen LogP contribution in [0.2, 0.25) is 0 Å². The number of amides is 2. The van der Waals surface area contributed by atoms with Gasteiger partial charge in [0.1, 0.15) is 0 Å². The first kappa shape index (κ1) is 22.9. The molecule has 140 valence electrons. The lowest BCUT2D eigenvalue weighted by Crippen LogP contribution is -2.47. The van der Waals surface area contributed by atoms with Crippen LogP contribution >= 0.6 is 24.0 Å². The number of rotatable bonds is 7. The highest BCUT2D eigenvalue weighted by molar-refractivity contribution is 14.0. The van der Waals surface area contributed by atoms with Gasteiger partial charge in [-0.15, -0.1) is 24.0 Å². The summed E-state index contributed by atoms with van der Waals surface area (Å²) in [6, 6.07) is 0. The van der Waals surface area contributed by atoms with Crippen molar-refractivity contribution in [3.8, 4) is 0 Å². The lowest BCUT2D eigenvalue weighted by molar-refractivity contribution is -0.124. The molecule has 1 unspecified atom stereocenters. The van der Waals surface area contributed by atoms with Gasteiger partial charge < -0.3 is 21.3 Å². The minimum Gasteiger partial charge on any atom is -0.370 e. The van der Waals surface area contributed by atoms with E-state index >= 15 is 0 Å². The number of piperidine rings is 1. The van der Waals surface area contributed by atoms with E-state index in [0.29, 0.717) is 25.4 Å². The molecule has 1 aliphatic heterocycles. The Hall–Kier alpha value is -1.06. The van der Waals surface area contributed by atoms with Crippen molar-refractivity contribution in [2.45, 2.75) is 40.0 Å². The number of hydrogen-bond acceptors (Lipinski definition) is 3. The van der Waals surface area contributed by atoms with Crippen LogP contribution < -0.4 is 16.4 Å². The van der Waals surface area contributed by atoms with Gasteiger partial charge in [-0.3, -0.25) is 14.6 Å². The molecule has 0 aliphatic carbocycles. The summed E-state index contributed by atoms with van der Waals surface area (Å²) in [6.45, 7) is 9.36. The van der Waals surface area contributed by atoms with Crippen LogP contribution in [0, 0.1) is 11.8 Å². The number of likely N-dealkylation sites (tertiary alicyclic amines) is 1. The van der Waals surface area contributed by atoms with E-state index in [1.807, 2.05) is 20.8 Å². The highest BCUT2D eigenvalue weighted by Crippen LogP contribution is 2.19. The fraction of sp³-hybridized carbons (Fsp3) is 0.812. The van der Waals surface area contributed by atoms with Crippen molar-refractivity contribution in [1.29, 1.82) is 0 Å². The van der Waals surface area contributed by atoms with Crippen LogP contribution in [0.15, 0.2) is 4.99 Å². The van der Waals surface area contributed by atoms with Gasteiger partial charge in [0.25, 0.3) is 0 Å². The van der Waals surface area contributed by atoms with E-state index in [-0.39, 0.29) is 41.7 Å². The summed E-state index contributed by atoms with van der Waals surface area (Å²) in [6.07, 6.45) is 2.50. The summed E-state index contributed by atoms with van der Waals surface area (Å²) in [4.78, 5) is 29.4. The topological polar surface area (TPSA) is 99.8 Å². The minimum atomic E-state index is -0.241. The van der Waals surface area contributed by atoms with Crippen LogP contribution in [0.3, 0.4) is 0 Å². The Morgan fingerprint density at radius 2 is 2.04 bits per heavy atom. The van der Waals surface area contributed by atoms with Gasteiger partial charge in [-0.1, -0.05) is 13.8 Å². The summed E-state index contributed by atoms with van der Waals surface area (Å²) in [7, 11) is 0. The Labute approximate surface area is 162 Å². The summed E-state index contributed by atoms with van der Waals surface area (Å²) in [5.74, 6) is 0.940. The summed E-state index contributed by atoms with van der Waals surface area (Å²) >= 11 is 0. The largest absolute Gasteiger partial charge is 0.370 e. The molecule has 0 aromatic carbocycles. The van der Waals surface area contributed by atoms with Gasteiger partial charge in [0.2, 0.25) is 11.8 Å². The Balaban J connectivity index is 0.00000529. The quantitative estimate of drug-likeness (QED) is 0.231. The van der Waals surface area contributed by atoms with Crippen molar-refractivity contribution in [3.63, 3.8) is 0 Å². The van der Waals surface area contributed by atoms with Crippen LogP contribution in [0.1, 0.15) is 40.0 Å². The highest BCUT2D eigenvalue weighted by Gasteiger charge is 2.23. The molecule has 8 heteroatoms. The monoisotopic (exact) mass is 453 g/mol.